The largest absolute Gasteiger partial charge is 0.393 e. The number of anilines is 2. The highest BCUT2D eigenvalue weighted by atomic mass is 32.1. The van der Waals surface area contributed by atoms with E-state index < -0.39 is 19.7 Å². The van der Waals surface area contributed by atoms with Gasteiger partial charge in [-0.3, -0.25) is 4.90 Å². The van der Waals surface area contributed by atoms with Gasteiger partial charge in [0.25, 0.3) is 0 Å². The number of benzene rings is 2. The molecule has 3 fully saturated rings. The Balaban J connectivity index is 1.14. The highest BCUT2D eigenvalue weighted by Crippen LogP contribution is 2.43. The van der Waals surface area contributed by atoms with Crippen LogP contribution < -0.4 is 15.9 Å². The van der Waals surface area contributed by atoms with Gasteiger partial charge in [-0.05, 0) is 80.3 Å². The summed E-state index contributed by atoms with van der Waals surface area (Å²) < 4.78 is 59.4. The molecule has 2 aromatic carbocycles. The maximum absolute atomic E-state index is 13.6. The summed E-state index contributed by atoms with van der Waals surface area (Å²) in [5.41, 5.74) is 2.39. The quantitative estimate of drug-likeness (QED) is 0.227. The second-order valence-electron chi connectivity index (χ2n) is 12.5. The van der Waals surface area contributed by atoms with E-state index in [-0.39, 0.29) is 12.1 Å². The molecule has 2 N–H and O–H groups in total. The summed E-state index contributed by atoms with van der Waals surface area (Å²) in [6.45, 7) is 7.85. The molecular weight excluding hydrogens is 578 g/mol. The zero-order valence-electron chi connectivity index (χ0n) is 24.0. The van der Waals surface area contributed by atoms with Crippen LogP contribution in [0, 0.1) is 17.3 Å². The Hall–Kier alpha value is -2.50. The maximum Gasteiger partial charge on any atom is 0.393 e. The Morgan fingerprint density at radius 3 is 2.40 bits per heavy atom. The molecule has 0 atom stereocenters. The number of nitrogens with one attached hydrogen (secondary N) is 2. The van der Waals surface area contributed by atoms with Crippen molar-refractivity contribution < 1.29 is 22.5 Å². The van der Waals surface area contributed by atoms with Crippen molar-refractivity contribution in [2.75, 3.05) is 56.8 Å². The fourth-order valence-corrected chi connectivity index (χ4v) is 8.46. The lowest BCUT2D eigenvalue weighted by atomic mass is 9.75. The molecule has 42 heavy (non-hydrogen) atoms. The molecule has 10 heteroatoms. The third-order valence-corrected chi connectivity index (χ3v) is 11.5. The minimum absolute atomic E-state index is 0.250. The smallest absolute Gasteiger partial charge is 0.381 e. The second-order valence-corrected chi connectivity index (χ2v) is 16.7. The van der Waals surface area contributed by atoms with Crippen molar-refractivity contribution in [2.45, 2.75) is 50.4 Å². The van der Waals surface area contributed by atoms with Gasteiger partial charge in [0, 0.05) is 41.6 Å². The lowest BCUT2D eigenvalue weighted by Gasteiger charge is -2.58. The zero-order chi connectivity index (χ0) is 29.5. The second kappa shape index (κ2) is 11.5. The molecule has 2 saturated heterocycles. The molecule has 2 aliphatic heterocycles. The van der Waals surface area contributed by atoms with Crippen LogP contribution in [0.25, 0.3) is 10.1 Å². The number of fused-ring (bicyclic) bond motifs is 1. The number of hydrogen-bond acceptors (Lipinski definition) is 6. The Kier molecular flexibility index (Phi) is 8.12. The van der Waals surface area contributed by atoms with Crippen LogP contribution in [0.5, 0.6) is 0 Å². The van der Waals surface area contributed by atoms with Crippen LogP contribution in [0.15, 0.2) is 42.5 Å². The number of ether oxygens (including phenoxy) is 1. The first kappa shape index (κ1) is 29.6. The Bertz CT molecular complexity index is 1530. The van der Waals surface area contributed by atoms with E-state index in [9.17, 15) is 17.7 Å². The van der Waals surface area contributed by atoms with Crippen molar-refractivity contribution in [1.29, 1.82) is 0 Å². The average molecular weight is 616 g/mol. The van der Waals surface area contributed by atoms with Crippen LogP contribution in [-0.4, -0.2) is 69.3 Å². The van der Waals surface area contributed by atoms with Crippen molar-refractivity contribution in [3.05, 3.63) is 52.9 Å². The standard InChI is InChI=1S/C32H37F3N3O2PS/c1-41(2,39)25-14-10-22(11-15-25)36-16-4-7-29-27(17-32(33,34)35)26-5-3-6-28(30(26)42-29)37-23-8-12-24(13-9-23)38-18-31(19-38)20-40-21-31/h3,5-6,10-11,14-15,23-24,36-37H,8-9,12-13,16-21H2,1-2H3. The predicted octanol–water partition coefficient (Wildman–Crippen LogP) is 6.77. The van der Waals surface area contributed by atoms with Gasteiger partial charge in [-0.15, -0.1) is 11.3 Å². The Morgan fingerprint density at radius 2 is 1.79 bits per heavy atom. The summed E-state index contributed by atoms with van der Waals surface area (Å²) in [7, 11) is -2.33. The van der Waals surface area contributed by atoms with E-state index in [0.29, 0.717) is 27.8 Å². The minimum atomic E-state index is -4.33. The SMILES string of the molecule is CP(C)(=O)c1ccc(NCC#Cc2sc3c(NC4CCC(N5CC6(COC6)C5)CC4)cccc3c2CC(F)(F)F)cc1. The van der Waals surface area contributed by atoms with Gasteiger partial charge in [0.1, 0.15) is 7.14 Å². The number of thiophene rings is 1. The van der Waals surface area contributed by atoms with Crippen LogP contribution in [-0.2, 0) is 15.7 Å². The third kappa shape index (κ3) is 6.53. The van der Waals surface area contributed by atoms with Crippen molar-refractivity contribution >= 4 is 45.2 Å². The van der Waals surface area contributed by atoms with Gasteiger partial charge in [0.2, 0.25) is 0 Å². The van der Waals surface area contributed by atoms with E-state index in [1.165, 1.54) is 11.3 Å². The molecule has 3 heterocycles. The Labute approximate surface area is 249 Å². The normalized spacial score (nSPS) is 22.2. The van der Waals surface area contributed by atoms with Gasteiger partial charge in [0.05, 0.1) is 41.4 Å². The highest BCUT2D eigenvalue weighted by molar-refractivity contribution is 7.70. The number of alkyl halides is 3. The molecule has 1 aliphatic carbocycles. The van der Waals surface area contributed by atoms with E-state index >= 15 is 0 Å². The molecule has 5 nitrogen and oxygen atoms in total. The van der Waals surface area contributed by atoms with Crippen LogP contribution in [0.2, 0.25) is 0 Å². The molecule has 0 radical (unpaired) electrons. The molecule has 6 rings (SSSR count). The number of halogens is 3. The van der Waals surface area contributed by atoms with Gasteiger partial charge in [0.15, 0.2) is 0 Å². The van der Waals surface area contributed by atoms with E-state index in [4.69, 9.17) is 4.74 Å². The molecule has 0 bridgehead atoms. The molecule has 3 aromatic rings. The van der Waals surface area contributed by atoms with Crippen LogP contribution >= 0.6 is 18.5 Å². The first-order valence-corrected chi connectivity index (χ1v) is 18.0. The van der Waals surface area contributed by atoms with Gasteiger partial charge in [-0.1, -0.05) is 24.0 Å². The summed E-state index contributed by atoms with van der Waals surface area (Å²) >= 11 is 1.34. The maximum atomic E-state index is 13.6. The van der Waals surface area contributed by atoms with E-state index in [1.54, 1.807) is 19.4 Å². The minimum Gasteiger partial charge on any atom is -0.381 e. The molecular formula is C32H37F3N3O2PS. The topological polar surface area (TPSA) is 53.6 Å². The summed E-state index contributed by atoms with van der Waals surface area (Å²) in [5, 5.41) is 8.29. The van der Waals surface area contributed by atoms with E-state index in [2.05, 4.69) is 27.4 Å². The Morgan fingerprint density at radius 1 is 1.07 bits per heavy atom. The molecule has 1 saturated carbocycles. The van der Waals surface area contributed by atoms with Gasteiger partial charge < -0.3 is 19.9 Å². The van der Waals surface area contributed by atoms with Crippen LogP contribution in [0.4, 0.5) is 24.5 Å². The summed E-state index contributed by atoms with van der Waals surface area (Å²) in [5.74, 6) is 6.05. The molecule has 1 spiro atoms. The first-order chi connectivity index (χ1) is 20.0. The van der Waals surface area contributed by atoms with Crippen LogP contribution in [0.1, 0.15) is 36.1 Å². The summed E-state index contributed by atoms with van der Waals surface area (Å²) in [4.78, 5) is 3.06. The summed E-state index contributed by atoms with van der Waals surface area (Å²) in [6, 6.07) is 13.9. The van der Waals surface area contributed by atoms with Gasteiger partial charge >= 0.3 is 6.18 Å². The predicted molar refractivity (Wildman–Crippen MR) is 167 cm³/mol. The van der Waals surface area contributed by atoms with Crippen molar-refractivity contribution in [3.63, 3.8) is 0 Å². The zero-order valence-corrected chi connectivity index (χ0v) is 25.7. The fourth-order valence-electron chi connectivity index (χ4n) is 6.42. The molecule has 224 valence electrons. The average Bonchev–Trinajstić information content (AvgIpc) is 3.22. The third-order valence-electron chi connectivity index (χ3n) is 8.73. The molecule has 1 aromatic heterocycles. The van der Waals surface area contributed by atoms with E-state index in [1.807, 2.05) is 36.4 Å². The van der Waals surface area contributed by atoms with Crippen molar-refractivity contribution in [2.24, 2.45) is 5.41 Å². The highest BCUT2D eigenvalue weighted by Gasteiger charge is 2.50. The number of hydrogen-bond donors (Lipinski definition) is 2. The van der Waals surface area contributed by atoms with Gasteiger partial charge in [-0.25, -0.2) is 0 Å². The molecule has 0 unspecified atom stereocenters. The molecule has 3 aliphatic rings. The lowest BCUT2D eigenvalue weighted by molar-refractivity contribution is -0.200. The summed E-state index contributed by atoms with van der Waals surface area (Å²) in [6.07, 6.45) is -0.958. The number of rotatable bonds is 7. The van der Waals surface area contributed by atoms with Crippen molar-refractivity contribution in [1.82, 2.24) is 4.90 Å². The van der Waals surface area contributed by atoms with Gasteiger partial charge in [-0.2, -0.15) is 13.2 Å². The number of nitrogens with zero attached hydrogens (tertiary/aromatic N) is 1. The number of likely N-dealkylation sites (tertiary alicyclic amines) is 1. The lowest BCUT2D eigenvalue weighted by Crippen LogP contribution is -2.68. The van der Waals surface area contributed by atoms with E-state index in [0.717, 1.165) is 73.4 Å². The van der Waals surface area contributed by atoms with Crippen LogP contribution in [0.3, 0.4) is 0 Å². The van der Waals surface area contributed by atoms with Crippen molar-refractivity contribution in [3.8, 4) is 11.8 Å². The molecule has 0 amide bonds. The fraction of sp³-hybridized carbons (Fsp3) is 0.500. The first-order valence-electron chi connectivity index (χ1n) is 14.6. The monoisotopic (exact) mass is 615 g/mol.